The molecule has 2 aliphatic carbocycles. The van der Waals surface area contributed by atoms with Crippen LogP contribution in [-0.2, 0) is 4.79 Å². The summed E-state index contributed by atoms with van der Waals surface area (Å²) < 4.78 is 28.3. The Hall–Kier alpha value is -2.22. The number of rotatable bonds is 2. The number of nitrogens with zero attached hydrogens (tertiary/aromatic N) is 2. The number of alkyl halides is 1. The van der Waals surface area contributed by atoms with Gasteiger partial charge in [-0.05, 0) is 79.7 Å². The Morgan fingerprint density at radius 2 is 1.88 bits per heavy atom. The zero-order valence-corrected chi connectivity index (χ0v) is 19.8. The first kappa shape index (κ1) is 23.5. The number of para-hydroxylation sites is 1. The van der Waals surface area contributed by atoms with Crippen LogP contribution in [0, 0.1) is 34.9 Å². The lowest BCUT2D eigenvalue weighted by atomic mass is 9.57. The Morgan fingerprint density at radius 1 is 1.15 bits per heavy atom. The molecular weight excluding hydrogens is 440 g/mol. The first-order chi connectivity index (χ1) is 16.3. The van der Waals surface area contributed by atoms with Crippen molar-refractivity contribution in [3.8, 4) is 0 Å². The molecule has 2 N–H and O–H groups in total. The van der Waals surface area contributed by atoms with E-state index in [1.807, 2.05) is 4.90 Å². The number of amides is 3. The number of nitrogens with one attached hydrogen (secondary N) is 1. The summed E-state index contributed by atoms with van der Waals surface area (Å²) in [7, 11) is 0. The van der Waals surface area contributed by atoms with E-state index in [4.69, 9.17) is 0 Å². The zero-order chi connectivity index (χ0) is 24.0. The average molecular weight is 476 g/mol. The fourth-order valence-corrected chi connectivity index (χ4v) is 7.87. The van der Waals surface area contributed by atoms with Crippen LogP contribution in [0.25, 0.3) is 0 Å². The van der Waals surface area contributed by atoms with Crippen LogP contribution in [0.15, 0.2) is 24.3 Å². The van der Waals surface area contributed by atoms with Gasteiger partial charge in [-0.1, -0.05) is 12.1 Å². The summed E-state index contributed by atoms with van der Waals surface area (Å²) >= 11 is 0. The summed E-state index contributed by atoms with van der Waals surface area (Å²) in [5, 5.41) is 12.9. The highest BCUT2D eigenvalue weighted by Gasteiger charge is 2.61. The Labute approximate surface area is 199 Å². The molecule has 5 rings (SSSR count). The lowest BCUT2D eigenvalue weighted by Gasteiger charge is -2.57. The van der Waals surface area contributed by atoms with Crippen molar-refractivity contribution in [1.29, 1.82) is 0 Å². The van der Waals surface area contributed by atoms with Crippen LogP contribution >= 0.6 is 0 Å². The van der Waals surface area contributed by atoms with Crippen molar-refractivity contribution in [1.82, 2.24) is 9.80 Å². The molecule has 6 atom stereocenters. The number of benzene rings is 1. The van der Waals surface area contributed by atoms with E-state index in [1.165, 1.54) is 6.07 Å². The lowest BCUT2D eigenvalue weighted by molar-refractivity contribution is -0.150. The summed E-state index contributed by atoms with van der Waals surface area (Å²) in [6.45, 7) is 3.14. The van der Waals surface area contributed by atoms with Gasteiger partial charge in [-0.15, -0.1) is 0 Å². The highest BCUT2D eigenvalue weighted by molar-refractivity contribution is 5.89. The van der Waals surface area contributed by atoms with E-state index >= 15 is 0 Å². The molecule has 0 bridgehead atoms. The number of hydrogen-bond acceptors (Lipinski definition) is 3. The number of urea groups is 1. The maximum absolute atomic E-state index is 14.3. The molecule has 1 aromatic rings. The van der Waals surface area contributed by atoms with Gasteiger partial charge >= 0.3 is 6.03 Å². The zero-order valence-electron chi connectivity index (χ0n) is 19.8. The van der Waals surface area contributed by atoms with Gasteiger partial charge < -0.3 is 20.2 Å². The summed E-state index contributed by atoms with van der Waals surface area (Å²) in [4.78, 5) is 29.0. The van der Waals surface area contributed by atoms with Crippen LogP contribution in [0.5, 0.6) is 0 Å². The van der Waals surface area contributed by atoms with E-state index < -0.39 is 12.0 Å². The number of hydrogen-bond donors (Lipinski definition) is 2. The Kier molecular flexibility index (Phi) is 6.29. The fraction of sp³-hybridized carbons (Fsp3) is 0.692. The van der Waals surface area contributed by atoms with Crippen molar-refractivity contribution in [2.75, 3.05) is 31.6 Å². The molecule has 4 fully saturated rings. The van der Waals surface area contributed by atoms with Gasteiger partial charge in [0.25, 0.3) is 0 Å². The molecule has 2 heterocycles. The maximum Gasteiger partial charge on any atom is 0.321 e. The quantitative estimate of drug-likeness (QED) is 0.678. The van der Waals surface area contributed by atoms with Gasteiger partial charge in [-0.2, -0.15) is 0 Å². The van der Waals surface area contributed by atoms with E-state index in [0.717, 1.165) is 25.7 Å². The lowest BCUT2D eigenvalue weighted by Crippen LogP contribution is -2.63. The van der Waals surface area contributed by atoms with Gasteiger partial charge in [0.2, 0.25) is 5.91 Å². The van der Waals surface area contributed by atoms with Crippen LogP contribution in [0.1, 0.15) is 45.4 Å². The Balaban J connectivity index is 1.36. The first-order valence-electron chi connectivity index (χ1n) is 12.7. The molecule has 5 unspecified atom stereocenters. The molecule has 1 spiro atoms. The second kappa shape index (κ2) is 9.10. The smallest absolute Gasteiger partial charge is 0.321 e. The molecule has 2 saturated heterocycles. The first-order valence-corrected chi connectivity index (χ1v) is 12.7. The van der Waals surface area contributed by atoms with E-state index in [-0.39, 0.29) is 41.6 Å². The van der Waals surface area contributed by atoms with Crippen molar-refractivity contribution < 1.29 is 23.5 Å². The van der Waals surface area contributed by atoms with Crippen molar-refractivity contribution in [2.24, 2.45) is 29.1 Å². The molecule has 186 valence electrons. The second-order valence-electron chi connectivity index (χ2n) is 10.9. The average Bonchev–Trinajstić information content (AvgIpc) is 3.20. The predicted molar refractivity (Wildman–Crippen MR) is 124 cm³/mol. The van der Waals surface area contributed by atoms with Gasteiger partial charge in [0, 0.05) is 26.6 Å². The Morgan fingerprint density at radius 3 is 2.56 bits per heavy atom. The largest absolute Gasteiger partial charge is 0.394 e. The van der Waals surface area contributed by atoms with Gasteiger partial charge in [-0.3, -0.25) is 4.79 Å². The summed E-state index contributed by atoms with van der Waals surface area (Å²) in [5.41, 5.74) is 0.0278. The van der Waals surface area contributed by atoms with Crippen molar-refractivity contribution >= 4 is 17.6 Å². The highest BCUT2D eigenvalue weighted by atomic mass is 19.1. The number of piperidine rings is 2. The van der Waals surface area contributed by atoms with E-state index in [2.05, 4.69) is 5.32 Å². The van der Waals surface area contributed by atoms with Crippen LogP contribution in [-0.4, -0.2) is 65.3 Å². The van der Waals surface area contributed by atoms with Crippen LogP contribution in [0.3, 0.4) is 0 Å². The number of halogens is 2. The van der Waals surface area contributed by atoms with E-state index in [9.17, 15) is 23.5 Å². The molecule has 4 aliphatic rings. The number of carbonyl (C=O) groups excluding carboxylic acids is 2. The summed E-state index contributed by atoms with van der Waals surface area (Å²) in [6.07, 6.45) is 3.67. The third kappa shape index (κ3) is 3.97. The van der Waals surface area contributed by atoms with Gasteiger partial charge in [-0.25, -0.2) is 13.6 Å². The van der Waals surface area contributed by atoms with E-state index in [0.29, 0.717) is 50.2 Å². The second-order valence-corrected chi connectivity index (χ2v) is 10.9. The minimum Gasteiger partial charge on any atom is -0.394 e. The molecule has 0 radical (unpaired) electrons. The number of carbonyl (C=O) groups is 2. The molecular formula is C26H35F2N3O3. The van der Waals surface area contributed by atoms with Crippen LogP contribution in [0.4, 0.5) is 19.3 Å². The fourth-order valence-electron chi connectivity index (χ4n) is 7.87. The maximum atomic E-state index is 14.3. The number of aliphatic hydroxyl groups excluding tert-OH is 1. The monoisotopic (exact) mass is 475 g/mol. The third-order valence-corrected chi connectivity index (χ3v) is 9.32. The summed E-state index contributed by atoms with van der Waals surface area (Å²) in [6, 6.07) is 5.61. The van der Waals surface area contributed by atoms with Crippen molar-refractivity contribution in [3.63, 3.8) is 0 Å². The number of anilines is 1. The molecule has 0 aromatic heterocycles. The van der Waals surface area contributed by atoms with Gasteiger partial charge in [0.15, 0.2) is 0 Å². The van der Waals surface area contributed by atoms with Crippen molar-refractivity contribution in [2.45, 2.75) is 57.7 Å². The topological polar surface area (TPSA) is 72.9 Å². The molecule has 2 aliphatic heterocycles. The molecule has 6 nitrogen and oxygen atoms in total. The van der Waals surface area contributed by atoms with Crippen LogP contribution in [0.2, 0.25) is 0 Å². The summed E-state index contributed by atoms with van der Waals surface area (Å²) in [5.74, 6) is 0.719. The number of aliphatic hydroxyl groups is 1. The number of likely N-dealkylation sites (tertiary alicyclic amines) is 2. The normalized spacial score (nSPS) is 34.5. The van der Waals surface area contributed by atoms with Crippen LogP contribution < -0.4 is 5.32 Å². The highest BCUT2D eigenvalue weighted by Crippen LogP contribution is 2.62. The SMILES string of the molecule is CC(=O)N1CC2(CCN(C(=O)Nc3ccccc3F)CC2)C2C3CCC(F)CC3CC2[C@@H]1CO. The standard InChI is InChI=1S/C26H35F2N3O3/c1-16(33)31-15-26(24-19-7-6-18(27)12-17(19)13-20(24)23(31)14-32)8-10-30(11-9-26)25(34)29-22-5-3-2-4-21(22)28/h2-5,17-20,23-24,32H,6-15H2,1H3,(H,29,34)/t17?,18?,19?,20?,23-,24?/m0/s1. The number of fused-ring (bicyclic) bond motifs is 4. The molecule has 3 amide bonds. The Bertz CT molecular complexity index is 936. The van der Waals surface area contributed by atoms with E-state index in [1.54, 1.807) is 30.0 Å². The molecule has 8 heteroatoms. The molecule has 1 aromatic carbocycles. The molecule has 34 heavy (non-hydrogen) atoms. The molecule has 2 saturated carbocycles. The van der Waals surface area contributed by atoms with Gasteiger partial charge in [0.1, 0.15) is 12.0 Å². The predicted octanol–water partition coefficient (Wildman–Crippen LogP) is 4.05. The van der Waals surface area contributed by atoms with Gasteiger partial charge in [0.05, 0.1) is 18.3 Å². The third-order valence-electron chi connectivity index (χ3n) is 9.32. The van der Waals surface area contributed by atoms with Crippen molar-refractivity contribution in [3.05, 3.63) is 30.1 Å². The minimum atomic E-state index is -0.752. The minimum absolute atomic E-state index is 0.0326.